The predicted octanol–water partition coefficient (Wildman–Crippen LogP) is 4.94. The molecule has 2 nitrogen and oxygen atoms in total. The number of aryl methyl sites for hydroxylation is 2. The van der Waals surface area contributed by atoms with Gasteiger partial charge in [0.2, 0.25) is 0 Å². The van der Waals surface area contributed by atoms with Gasteiger partial charge in [0.25, 0.3) is 0 Å². The van der Waals surface area contributed by atoms with Crippen LogP contribution >= 0.6 is 27.5 Å². The van der Waals surface area contributed by atoms with Crippen molar-refractivity contribution in [2.75, 3.05) is 5.88 Å². The molecule has 0 amide bonds. The Labute approximate surface area is 137 Å². The van der Waals surface area contributed by atoms with Gasteiger partial charge in [0.05, 0.1) is 17.6 Å². The first-order valence-corrected chi connectivity index (χ1v) is 8.27. The summed E-state index contributed by atoms with van der Waals surface area (Å²) >= 11 is 9.57. The van der Waals surface area contributed by atoms with Crippen molar-refractivity contribution in [3.05, 3.63) is 63.9 Å². The fourth-order valence-electron chi connectivity index (χ4n) is 2.58. The van der Waals surface area contributed by atoms with Crippen molar-refractivity contribution in [3.63, 3.8) is 0 Å². The van der Waals surface area contributed by atoms with E-state index in [-0.39, 0.29) is 0 Å². The largest absolute Gasteiger partial charge is 0.323 e. The average Bonchev–Trinajstić information content (AvgIpc) is 2.82. The van der Waals surface area contributed by atoms with Gasteiger partial charge in [-0.3, -0.25) is 0 Å². The zero-order chi connectivity index (χ0) is 14.8. The van der Waals surface area contributed by atoms with E-state index in [2.05, 4.69) is 63.8 Å². The van der Waals surface area contributed by atoms with E-state index in [1.165, 1.54) is 16.6 Å². The van der Waals surface area contributed by atoms with E-state index in [9.17, 15) is 0 Å². The molecule has 4 heteroatoms. The molecule has 0 aliphatic heterocycles. The molecule has 0 radical (unpaired) electrons. The third-order valence-corrected chi connectivity index (χ3v) is 4.63. The Kier molecular flexibility index (Phi) is 4.32. The SMILES string of the molecule is Cc1cccc2c1nc(CCCl)n2Cc1ccccc1Br. The van der Waals surface area contributed by atoms with Gasteiger partial charge in [-0.2, -0.15) is 0 Å². The zero-order valence-electron chi connectivity index (χ0n) is 11.8. The fraction of sp³-hybridized carbons (Fsp3) is 0.235. The summed E-state index contributed by atoms with van der Waals surface area (Å²) < 4.78 is 3.39. The number of alkyl halides is 1. The van der Waals surface area contributed by atoms with Crippen LogP contribution in [0.1, 0.15) is 17.0 Å². The molecule has 3 aromatic rings. The van der Waals surface area contributed by atoms with E-state index >= 15 is 0 Å². The maximum absolute atomic E-state index is 5.95. The summed E-state index contributed by atoms with van der Waals surface area (Å²) in [6.45, 7) is 2.90. The third kappa shape index (κ3) is 2.85. The van der Waals surface area contributed by atoms with Crippen LogP contribution in [0.4, 0.5) is 0 Å². The number of hydrogen-bond donors (Lipinski definition) is 0. The summed E-state index contributed by atoms with van der Waals surface area (Å²) in [7, 11) is 0. The first-order valence-electron chi connectivity index (χ1n) is 6.95. The molecule has 21 heavy (non-hydrogen) atoms. The monoisotopic (exact) mass is 362 g/mol. The molecule has 0 atom stereocenters. The van der Waals surface area contributed by atoms with Gasteiger partial charge >= 0.3 is 0 Å². The molecule has 0 saturated carbocycles. The summed E-state index contributed by atoms with van der Waals surface area (Å²) in [4.78, 5) is 4.79. The minimum Gasteiger partial charge on any atom is -0.323 e. The lowest BCUT2D eigenvalue weighted by Crippen LogP contribution is -2.06. The highest BCUT2D eigenvalue weighted by molar-refractivity contribution is 9.10. The van der Waals surface area contributed by atoms with Gasteiger partial charge in [-0.1, -0.05) is 46.3 Å². The number of fused-ring (bicyclic) bond motifs is 1. The molecule has 2 aromatic carbocycles. The van der Waals surface area contributed by atoms with E-state index in [4.69, 9.17) is 16.6 Å². The van der Waals surface area contributed by atoms with Crippen molar-refractivity contribution in [1.29, 1.82) is 0 Å². The minimum atomic E-state index is 0.582. The lowest BCUT2D eigenvalue weighted by molar-refractivity contribution is 0.752. The number of aromatic nitrogens is 2. The number of para-hydroxylation sites is 1. The van der Waals surface area contributed by atoms with Crippen LogP contribution < -0.4 is 0 Å². The van der Waals surface area contributed by atoms with Crippen molar-refractivity contribution in [2.45, 2.75) is 19.9 Å². The predicted molar refractivity (Wildman–Crippen MR) is 92.1 cm³/mol. The van der Waals surface area contributed by atoms with Crippen LogP contribution in [0.5, 0.6) is 0 Å². The number of benzene rings is 2. The third-order valence-electron chi connectivity index (χ3n) is 3.66. The van der Waals surface area contributed by atoms with Crippen LogP contribution in [-0.4, -0.2) is 15.4 Å². The maximum atomic E-state index is 5.95. The van der Waals surface area contributed by atoms with Crippen molar-refractivity contribution < 1.29 is 0 Å². The molecule has 108 valence electrons. The molecule has 1 heterocycles. The Hall–Kier alpha value is -1.32. The van der Waals surface area contributed by atoms with Crippen LogP contribution in [0.2, 0.25) is 0 Å². The van der Waals surface area contributed by atoms with Gasteiger partial charge in [0, 0.05) is 16.8 Å². The first-order chi connectivity index (χ1) is 10.2. The van der Waals surface area contributed by atoms with E-state index < -0.39 is 0 Å². The Balaban J connectivity index is 2.13. The van der Waals surface area contributed by atoms with Crippen molar-refractivity contribution in [3.8, 4) is 0 Å². The Morgan fingerprint density at radius 3 is 2.71 bits per heavy atom. The summed E-state index contributed by atoms with van der Waals surface area (Å²) in [6, 6.07) is 14.6. The zero-order valence-corrected chi connectivity index (χ0v) is 14.2. The molecule has 0 aliphatic rings. The lowest BCUT2D eigenvalue weighted by atomic mass is 10.2. The standard InChI is InChI=1S/C17H16BrClN2/c1-12-5-4-8-15-17(12)20-16(9-10-19)21(15)11-13-6-2-3-7-14(13)18/h2-8H,9-11H2,1H3. The number of nitrogens with zero attached hydrogens (tertiary/aromatic N) is 2. The molecule has 0 spiro atoms. The molecular weight excluding hydrogens is 348 g/mol. The Morgan fingerprint density at radius 2 is 1.95 bits per heavy atom. The highest BCUT2D eigenvalue weighted by atomic mass is 79.9. The second kappa shape index (κ2) is 6.20. The topological polar surface area (TPSA) is 17.8 Å². The first kappa shape index (κ1) is 14.6. The van der Waals surface area contributed by atoms with Gasteiger partial charge < -0.3 is 4.57 Å². The van der Waals surface area contributed by atoms with Crippen molar-refractivity contribution >= 4 is 38.6 Å². The van der Waals surface area contributed by atoms with E-state index in [0.29, 0.717) is 5.88 Å². The van der Waals surface area contributed by atoms with Gasteiger partial charge in [-0.15, -0.1) is 11.6 Å². The number of hydrogen-bond acceptors (Lipinski definition) is 1. The van der Waals surface area contributed by atoms with Crippen LogP contribution in [0.15, 0.2) is 46.9 Å². The van der Waals surface area contributed by atoms with Gasteiger partial charge in [0.1, 0.15) is 5.82 Å². The van der Waals surface area contributed by atoms with Crippen LogP contribution in [0.3, 0.4) is 0 Å². The number of imidazole rings is 1. The number of halogens is 2. The number of rotatable bonds is 4. The second-order valence-corrected chi connectivity index (χ2v) is 6.32. The highest BCUT2D eigenvalue weighted by Gasteiger charge is 2.13. The smallest absolute Gasteiger partial charge is 0.111 e. The van der Waals surface area contributed by atoms with Crippen LogP contribution in [0.25, 0.3) is 11.0 Å². The summed E-state index contributed by atoms with van der Waals surface area (Å²) in [5.41, 5.74) is 4.69. The minimum absolute atomic E-state index is 0.582. The Morgan fingerprint density at radius 1 is 1.14 bits per heavy atom. The fourth-order valence-corrected chi connectivity index (χ4v) is 3.16. The van der Waals surface area contributed by atoms with Crippen molar-refractivity contribution in [1.82, 2.24) is 9.55 Å². The molecule has 0 fully saturated rings. The summed E-state index contributed by atoms with van der Waals surface area (Å²) in [5, 5.41) is 0. The van der Waals surface area contributed by atoms with E-state index in [1.54, 1.807) is 0 Å². The van der Waals surface area contributed by atoms with Crippen molar-refractivity contribution in [2.24, 2.45) is 0 Å². The Bertz CT molecular complexity index is 780. The molecule has 0 bridgehead atoms. The molecule has 0 aliphatic carbocycles. The highest BCUT2D eigenvalue weighted by Crippen LogP contribution is 2.24. The average molecular weight is 364 g/mol. The van der Waals surface area contributed by atoms with Gasteiger partial charge in [-0.25, -0.2) is 4.98 Å². The molecule has 3 rings (SSSR count). The second-order valence-electron chi connectivity index (χ2n) is 5.09. The lowest BCUT2D eigenvalue weighted by Gasteiger charge is -2.10. The van der Waals surface area contributed by atoms with Crippen LogP contribution in [0, 0.1) is 6.92 Å². The summed E-state index contributed by atoms with van der Waals surface area (Å²) in [5.74, 6) is 1.63. The molecule has 1 aromatic heterocycles. The van der Waals surface area contributed by atoms with Gasteiger partial charge in [-0.05, 0) is 30.2 Å². The molecular formula is C17H16BrClN2. The quantitative estimate of drug-likeness (QED) is 0.601. The molecule has 0 unspecified atom stereocenters. The normalized spacial score (nSPS) is 11.2. The van der Waals surface area contributed by atoms with Crippen LogP contribution in [-0.2, 0) is 13.0 Å². The summed E-state index contributed by atoms with van der Waals surface area (Å²) in [6.07, 6.45) is 0.778. The molecule has 0 N–H and O–H groups in total. The van der Waals surface area contributed by atoms with E-state index in [0.717, 1.165) is 28.8 Å². The maximum Gasteiger partial charge on any atom is 0.111 e. The van der Waals surface area contributed by atoms with E-state index in [1.807, 2.05) is 6.07 Å². The molecule has 0 saturated heterocycles. The van der Waals surface area contributed by atoms with Gasteiger partial charge in [0.15, 0.2) is 0 Å².